The molecule has 0 heterocycles. The first-order chi connectivity index (χ1) is 9.56. The number of amides is 1. The molecule has 0 aromatic heterocycles. The van der Waals surface area contributed by atoms with Crippen LogP contribution in [0.4, 0.5) is 0 Å². The third-order valence-corrected chi connectivity index (χ3v) is 3.49. The van der Waals surface area contributed by atoms with Crippen LogP contribution in [0.2, 0.25) is 0 Å². The van der Waals surface area contributed by atoms with Crippen molar-refractivity contribution in [1.82, 2.24) is 4.90 Å². The topological polar surface area (TPSA) is 55.6 Å². The van der Waals surface area contributed by atoms with Crippen molar-refractivity contribution in [3.63, 3.8) is 0 Å². The number of carbonyl (C=O) groups is 1. The average Bonchev–Trinajstić information content (AvgIpc) is 2.45. The Bertz CT molecular complexity index is 421. The second-order valence-corrected chi connectivity index (χ2v) is 5.32. The molecule has 1 amide bonds. The lowest BCUT2D eigenvalue weighted by Crippen LogP contribution is -2.26. The van der Waals surface area contributed by atoms with Gasteiger partial charge in [-0.05, 0) is 43.0 Å². The van der Waals surface area contributed by atoms with Gasteiger partial charge in [-0.2, -0.15) is 0 Å². The summed E-state index contributed by atoms with van der Waals surface area (Å²) < 4.78 is 5.19. The van der Waals surface area contributed by atoms with Gasteiger partial charge in [0.2, 0.25) is 5.91 Å². The summed E-state index contributed by atoms with van der Waals surface area (Å²) in [5.41, 5.74) is 6.60. The summed E-state index contributed by atoms with van der Waals surface area (Å²) in [4.78, 5) is 13.8. The van der Waals surface area contributed by atoms with Gasteiger partial charge in [0, 0.05) is 20.0 Å². The molecule has 112 valence electrons. The SMILES string of the molecule is COc1cccc(CN(C)C(=O)CCC(C)CCN)c1. The predicted octanol–water partition coefficient (Wildman–Crippen LogP) is 2.42. The van der Waals surface area contributed by atoms with Crippen molar-refractivity contribution < 1.29 is 9.53 Å². The lowest BCUT2D eigenvalue weighted by atomic mass is 10.0. The van der Waals surface area contributed by atoms with E-state index in [1.54, 1.807) is 12.0 Å². The number of hydrogen-bond acceptors (Lipinski definition) is 3. The smallest absolute Gasteiger partial charge is 0.222 e. The normalized spacial score (nSPS) is 12.0. The molecule has 0 saturated carbocycles. The van der Waals surface area contributed by atoms with Gasteiger partial charge < -0.3 is 15.4 Å². The molecule has 0 bridgehead atoms. The summed E-state index contributed by atoms with van der Waals surface area (Å²) >= 11 is 0. The molecular formula is C16H26N2O2. The monoisotopic (exact) mass is 278 g/mol. The molecule has 1 unspecified atom stereocenters. The van der Waals surface area contributed by atoms with Gasteiger partial charge in [0.05, 0.1) is 7.11 Å². The molecule has 0 fully saturated rings. The maximum absolute atomic E-state index is 12.1. The van der Waals surface area contributed by atoms with Crippen molar-refractivity contribution in [2.24, 2.45) is 11.7 Å². The lowest BCUT2D eigenvalue weighted by Gasteiger charge is -2.19. The number of carbonyl (C=O) groups excluding carboxylic acids is 1. The molecule has 0 aliphatic heterocycles. The molecule has 0 aliphatic carbocycles. The second kappa shape index (κ2) is 8.59. The van der Waals surface area contributed by atoms with Gasteiger partial charge in [-0.1, -0.05) is 19.1 Å². The van der Waals surface area contributed by atoms with Crippen LogP contribution in [-0.4, -0.2) is 31.5 Å². The standard InChI is InChI=1S/C16H26N2O2/c1-13(9-10-17)7-8-16(19)18(2)12-14-5-4-6-15(11-14)20-3/h4-6,11,13H,7-10,12,17H2,1-3H3. The highest BCUT2D eigenvalue weighted by Crippen LogP contribution is 2.15. The van der Waals surface area contributed by atoms with Crippen molar-refractivity contribution in [3.8, 4) is 5.75 Å². The Hall–Kier alpha value is -1.55. The number of nitrogens with two attached hydrogens (primary N) is 1. The number of methoxy groups -OCH3 is 1. The average molecular weight is 278 g/mol. The zero-order valence-corrected chi connectivity index (χ0v) is 12.8. The minimum absolute atomic E-state index is 0.177. The first-order valence-electron chi connectivity index (χ1n) is 7.13. The van der Waals surface area contributed by atoms with Crippen LogP contribution in [0.1, 0.15) is 31.7 Å². The zero-order chi connectivity index (χ0) is 15.0. The Morgan fingerprint density at radius 1 is 1.40 bits per heavy atom. The van der Waals surface area contributed by atoms with Crippen LogP contribution in [0, 0.1) is 5.92 Å². The van der Waals surface area contributed by atoms with Gasteiger partial charge in [0.25, 0.3) is 0 Å². The summed E-state index contributed by atoms with van der Waals surface area (Å²) in [5, 5.41) is 0. The third-order valence-electron chi connectivity index (χ3n) is 3.49. The molecule has 1 rings (SSSR count). The summed E-state index contributed by atoms with van der Waals surface area (Å²) in [5.74, 6) is 1.51. The largest absolute Gasteiger partial charge is 0.497 e. The fourth-order valence-electron chi connectivity index (χ4n) is 2.12. The van der Waals surface area contributed by atoms with Crippen molar-refractivity contribution in [2.75, 3.05) is 20.7 Å². The minimum atomic E-state index is 0.177. The van der Waals surface area contributed by atoms with Gasteiger partial charge in [-0.15, -0.1) is 0 Å². The third kappa shape index (κ3) is 5.61. The van der Waals surface area contributed by atoms with E-state index >= 15 is 0 Å². The molecule has 0 spiro atoms. The quantitative estimate of drug-likeness (QED) is 0.794. The van der Waals surface area contributed by atoms with E-state index in [4.69, 9.17) is 10.5 Å². The summed E-state index contributed by atoms with van der Waals surface area (Å²) in [6.45, 7) is 3.44. The Kier molecular flexibility index (Phi) is 7.09. The highest BCUT2D eigenvalue weighted by atomic mass is 16.5. The van der Waals surface area contributed by atoms with E-state index in [1.807, 2.05) is 31.3 Å². The number of nitrogens with zero attached hydrogens (tertiary/aromatic N) is 1. The molecule has 4 heteroatoms. The van der Waals surface area contributed by atoms with Gasteiger partial charge >= 0.3 is 0 Å². The molecule has 1 aromatic rings. The maximum atomic E-state index is 12.1. The number of hydrogen-bond donors (Lipinski definition) is 1. The molecular weight excluding hydrogens is 252 g/mol. The van der Waals surface area contributed by atoms with E-state index in [-0.39, 0.29) is 5.91 Å². The summed E-state index contributed by atoms with van der Waals surface area (Å²) in [6, 6.07) is 7.81. The number of ether oxygens (including phenoxy) is 1. The molecule has 0 aliphatic rings. The Morgan fingerprint density at radius 2 is 2.15 bits per heavy atom. The van der Waals surface area contributed by atoms with Gasteiger partial charge in [-0.3, -0.25) is 4.79 Å². The predicted molar refractivity (Wildman–Crippen MR) is 81.5 cm³/mol. The molecule has 2 N–H and O–H groups in total. The van der Waals surface area contributed by atoms with E-state index in [9.17, 15) is 4.79 Å². The number of rotatable bonds is 8. The van der Waals surface area contributed by atoms with Crippen molar-refractivity contribution in [1.29, 1.82) is 0 Å². The summed E-state index contributed by atoms with van der Waals surface area (Å²) in [7, 11) is 3.49. The highest BCUT2D eigenvalue weighted by molar-refractivity contribution is 5.75. The maximum Gasteiger partial charge on any atom is 0.222 e. The Balaban J connectivity index is 2.44. The minimum Gasteiger partial charge on any atom is -0.497 e. The molecule has 1 atom stereocenters. The van der Waals surface area contributed by atoms with E-state index in [0.29, 0.717) is 25.4 Å². The van der Waals surface area contributed by atoms with Crippen LogP contribution < -0.4 is 10.5 Å². The molecule has 1 aromatic carbocycles. The Labute approximate surface area is 121 Å². The van der Waals surface area contributed by atoms with E-state index < -0.39 is 0 Å². The fraction of sp³-hybridized carbons (Fsp3) is 0.562. The van der Waals surface area contributed by atoms with Crippen LogP contribution in [0.15, 0.2) is 24.3 Å². The van der Waals surface area contributed by atoms with Crippen LogP contribution in [0.3, 0.4) is 0 Å². The van der Waals surface area contributed by atoms with Crippen molar-refractivity contribution in [3.05, 3.63) is 29.8 Å². The van der Waals surface area contributed by atoms with E-state index in [0.717, 1.165) is 24.2 Å². The van der Waals surface area contributed by atoms with Gasteiger partial charge in [-0.25, -0.2) is 0 Å². The fourth-order valence-corrected chi connectivity index (χ4v) is 2.12. The van der Waals surface area contributed by atoms with Crippen LogP contribution in [-0.2, 0) is 11.3 Å². The van der Waals surface area contributed by atoms with Crippen LogP contribution in [0.5, 0.6) is 5.75 Å². The first kappa shape index (κ1) is 16.5. The lowest BCUT2D eigenvalue weighted by molar-refractivity contribution is -0.130. The van der Waals surface area contributed by atoms with Gasteiger partial charge in [0.15, 0.2) is 0 Å². The first-order valence-corrected chi connectivity index (χ1v) is 7.13. The molecule has 4 nitrogen and oxygen atoms in total. The molecule has 20 heavy (non-hydrogen) atoms. The zero-order valence-electron chi connectivity index (χ0n) is 12.8. The van der Waals surface area contributed by atoms with Crippen LogP contribution >= 0.6 is 0 Å². The second-order valence-electron chi connectivity index (χ2n) is 5.32. The molecule has 0 saturated heterocycles. The number of benzene rings is 1. The van der Waals surface area contributed by atoms with Gasteiger partial charge in [0.1, 0.15) is 5.75 Å². The van der Waals surface area contributed by atoms with Crippen molar-refractivity contribution in [2.45, 2.75) is 32.7 Å². The van der Waals surface area contributed by atoms with Crippen LogP contribution in [0.25, 0.3) is 0 Å². The van der Waals surface area contributed by atoms with E-state index in [2.05, 4.69) is 6.92 Å². The van der Waals surface area contributed by atoms with E-state index in [1.165, 1.54) is 0 Å². The van der Waals surface area contributed by atoms with Crippen molar-refractivity contribution >= 4 is 5.91 Å². The highest BCUT2D eigenvalue weighted by Gasteiger charge is 2.11. The summed E-state index contributed by atoms with van der Waals surface area (Å²) in [6.07, 6.45) is 2.47. The molecule has 0 radical (unpaired) electrons. The Morgan fingerprint density at radius 3 is 2.80 bits per heavy atom.